The highest BCUT2D eigenvalue weighted by molar-refractivity contribution is 9.10. The Morgan fingerprint density at radius 2 is 1.81 bits per heavy atom. The number of carbonyl (C=O) groups is 1. The highest BCUT2D eigenvalue weighted by atomic mass is 79.9. The van der Waals surface area contributed by atoms with Gasteiger partial charge in [0.2, 0.25) is 0 Å². The second-order valence-corrected chi connectivity index (χ2v) is 5.77. The van der Waals surface area contributed by atoms with E-state index in [1.165, 1.54) is 6.07 Å². The molecule has 6 heteroatoms. The standard InChI is InChI=1S/C15H12BrFN2OS/c1-8-6-11(16)12(17)7-13(8)19-15(20)10-4-2-9(3-5-10)14(18)21/h2-7H,1H3,(H2,18,21)(H,19,20). The van der Waals surface area contributed by atoms with Crippen LogP contribution in [-0.4, -0.2) is 10.9 Å². The zero-order valence-corrected chi connectivity index (χ0v) is 13.5. The van der Waals surface area contributed by atoms with E-state index in [-0.39, 0.29) is 10.9 Å². The summed E-state index contributed by atoms with van der Waals surface area (Å²) in [5.41, 5.74) is 7.82. The maximum atomic E-state index is 13.5. The predicted molar refractivity (Wildman–Crippen MR) is 89.1 cm³/mol. The van der Waals surface area contributed by atoms with E-state index in [9.17, 15) is 9.18 Å². The molecule has 0 heterocycles. The fourth-order valence-corrected chi connectivity index (χ4v) is 2.36. The maximum Gasteiger partial charge on any atom is 0.255 e. The fraction of sp³-hybridized carbons (Fsp3) is 0.0667. The maximum absolute atomic E-state index is 13.5. The van der Waals surface area contributed by atoms with Crippen LogP contribution in [0.4, 0.5) is 10.1 Å². The Labute approximate surface area is 135 Å². The molecule has 0 aliphatic heterocycles. The molecule has 2 aromatic carbocycles. The van der Waals surface area contributed by atoms with Crippen molar-refractivity contribution in [2.75, 3.05) is 5.32 Å². The van der Waals surface area contributed by atoms with Gasteiger partial charge in [0, 0.05) is 16.8 Å². The van der Waals surface area contributed by atoms with E-state index in [1.807, 2.05) is 0 Å². The first-order valence-corrected chi connectivity index (χ1v) is 7.25. The van der Waals surface area contributed by atoms with Crippen molar-refractivity contribution in [2.24, 2.45) is 5.73 Å². The third-order valence-electron chi connectivity index (χ3n) is 2.95. The van der Waals surface area contributed by atoms with Crippen molar-refractivity contribution in [3.63, 3.8) is 0 Å². The van der Waals surface area contributed by atoms with Crippen molar-refractivity contribution in [3.05, 3.63) is 63.4 Å². The molecule has 0 saturated carbocycles. The summed E-state index contributed by atoms with van der Waals surface area (Å²) in [5.74, 6) is -0.756. The van der Waals surface area contributed by atoms with Gasteiger partial charge in [0.1, 0.15) is 10.8 Å². The van der Waals surface area contributed by atoms with Crippen LogP contribution >= 0.6 is 28.1 Å². The van der Waals surface area contributed by atoms with Gasteiger partial charge in [-0.15, -0.1) is 0 Å². The van der Waals surface area contributed by atoms with Gasteiger partial charge in [-0.05, 0) is 52.7 Å². The quantitative estimate of drug-likeness (QED) is 0.812. The van der Waals surface area contributed by atoms with E-state index in [0.29, 0.717) is 21.3 Å². The average molecular weight is 367 g/mol. The lowest BCUT2D eigenvalue weighted by atomic mass is 10.1. The van der Waals surface area contributed by atoms with Crippen molar-refractivity contribution >= 4 is 44.7 Å². The molecule has 3 N–H and O–H groups in total. The lowest BCUT2D eigenvalue weighted by Gasteiger charge is -2.10. The molecule has 0 aromatic heterocycles. The third kappa shape index (κ3) is 3.65. The van der Waals surface area contributed by atoms with Gasteiger partial charge in [0.15, 0.2) is 0 Å². The van der Waals surface area contributed by atoms with Crippen LogP contribution in [0.15, 0.2) is 40.9 Å². The van der Waals surface area contributed by atoms with Crippen molar-refractivity contribution in [3.8, 4) is 0 Å². The monoisotopic (exact) mass is 366 g/mol. The van der Waals surface area contributed by atoms with E-state index in [4.69, 9.17) is 18.0 Å². The molecule has 2 aromatic rings. The predicted octanol–water partition coefficient (Wildman–Crippen LogP) is 3.78. The Morgan fingerprint density at radius 3 is 2.38 bits per heavy atom. The molecule has 0 fully saturated rings. The van der Waals surface area contributed by atoms with Gasteiger partial charge in [0.05, 0.1) is 4.47 Å². The number of nitrogens with two attached hydrogens (primary N) is 1. The van der Waals surface area contributed by atoms with Gasteiger partial charge in [-0.3, -0.25) is 4.79 Å². The third-order valence-corrected chi connectivity index (χ3v) is 3.79. The molecular formula is C15H12BrFN2OS. The summed E-state index contributed by atoms with van der Waals surface area (Å²) in [6.45, 7) is 1.79. The van der Waals surface area contributed by atoms with E-state index in [2.05, 4.69) is 21.2 Å². The first-order valence-electron chi connectivity index (χ1n) is 6.05. The Morgan fingerprint density at radius 1 is 1.24 bits per heavy atom. The highest BCUT2D eigenvalue weighted by Crippen LogP contribution is 2.24. The van der Waals surface area contributed by atoms with Crippen LogP contribution < -0.4 is 11.1 Å². The number of benzene rings is 2. The number of thiocarbonyl (C=S) groups is 1. The van der Waals surface area contributed by atoms with Crippen molar-refractivity contribution in [1.82, 2.24) is 0 Å². The molecule has 0 radical (unpaired) electrons. The van der Waals surface area contributed by atoms with Crippen LogP contribution in [0.25, 0.3) is 0 Å². The van der Waals surface area contributed by atoms with E-state index in [1.54, 1.807) is 37.3 Å². The Kier molecular flexibility index (Phi) is 4.69. The smallest absolute Gasteiger partial charge is 0.255 e. The van der Waals surface area contributed by atoms with E-state index >= 15 is 0 Å². The summed E-state index contributed by atoms with van der Waals surface area (Å²) >= 11 is 7.95. The Bertz CT molecular complexity index is 716. The number of amides is 1. The van der Waals surface area contributed by atoms with Crippen LogP contribution in [0.5, 0.6) is 0 Å². The molecule has 0 aliphatic carbocycles. The molecule has 0 spiro atoms. The van der Waals surface area contributed by atoms with Gasteiger partial charge in [0.25, 0.3) is 5.91 Å². The summed E-state index contributed by atoms with van der Waals surface area (Å²) < 4.78 is 13.9. The topological polar surface area (TPSA) is 55.1 Å². The molecule has 0 saturated heterocycles. The number of nitrogens with one attached hydrogen (secondary N) is 1. The fourth-order valence-electron chi connectivity index (χ4n) is 1.76. The number of halogens is 2. The molecule has 21 heavy (non-hydrogen) atoms. The minimum atomic E-state index is -0.431. The molecule has 3 nitrogen and oxygen atoms in total. The van der Waals surface area contributed by atoms with Gasteiger partial charge < -0.3 is 11.1 Å². The van der Waals surface area contributed by atoms with Gasteiger partial charge in [-0.2, -0.15) is 0 Å². The van der Waals surface area contributed by atoms with Crippen LogP contribution in [0.2, 0.25) is 0 Å². The van der Waals surface area contributed by atoms with Gasteiger partial charge in [-0.1, -0.05) is 24.4 Å². The summed E-state index contributed by atoms with van der Waals surface area (Å²) in [4.78, 5) is 12.4. The van der Waals surface area contributed by atoms with Crippen molar-refractivity contribution in [2.45, 2.75) is 6.92 Å². The number of anilines is 1. The van der Waals surface area contributed by atoms with Crippen LogP contribution in [0.3, 0.4) is 0 Å². The second-order valence-electron chi connectivity index (χ2n) is 4.48. The minimum Gasteiger partial charge on any atom is -0.389 e. The molecule has 108 valence electrons. The molecule has 0 atom stereocenters. The zero-order chi connectivity index (χ0) is 15.6. The largest absolute Gasteiger partial charge is 0.389 e. The number of hydrogen-bond donors (Lipinski definition) is 2. The molecule has 0 unspecified atom stereocenters. The Balaban J connectivity index is 2.22. The first-order chi connectivity index (χ1) is 9.88. The van der Waals surface area contributed by atoms with Gasteiger partial charge >= 0.3 is 0 Å². The second kappa shape index (κ2) is 6.32. The lowest BCUT2D eigenvalue weighted by molar-refractivity contribution is 0.102. The minimum absolute atomic E-state index is 0.271. The summed E-state index contributed by atoms with van der Waals surface area (Å²) in [6, 6.07) is 9.48. The van der Waals surface area contributed by atoms with Crippen LogP contribution in [0.1, 0.15) is 21.5 Å². The van der Waals surface area contributed by atoms with E-state index < -0.39 is 5.82 Å². The molecule has 2 rings (SSSR count). The SMILES string of the molecule is Cc1cc(Br)c(F)cc1NC(=O)c1ccc(C(N)=S)cc1. The van der Waals surface area contributed by atoms with Crippen molar-refractivity contribution < 1.29 is 9.18 Å². The van der Waals surface area contributed by atoms with Crippen LogP contribution in [-0.2, 0) is 0 Å². The van der Waals surface area contributed by atoms with E-state index in [0.717, 1.165) is 5.56 Å². The first kappa shape index (κ1) is 15.6. The number of rotatable bonds is 3. The van der Waals surface area contributed by atoms with Crippen LogP contribution in [0, 0.1) is 12.7 Å². The Hall–Kier alpha value is -1.79. The average Bonchev–Trinajstić information content (AvgIpc) is 2.44. The number of hydrogen-bond acceptors (Lipinski definition) is 2. The zero-order valence-electron chi connectivity index (χ0n) is 11.1. The lowest BCUT2D eigenvalue weighted by Crippen LogP contribution is -2.14. The van der Waals surface area contributed by atoms with Crippen molar-refractivity contribution in [1.29, 1.82) is 0 Å². The summed E-state index contributed by atoms with van der Waals surface area (Å²) in [6.07, 6.45) is 0. The summed E-state index contributed by atoms with van der Waals surface area (Å²) in [5, 5.41) is 2.68. The molecule has 0 bridgehead atoms. The summed E-state index contributed by atoms with van der Waals surface area (Å²) in [7, 11) is 0. The number of aryl methyl sites for hydroxylation is 1. The molecule has 1 amide bonds. The number of carbonyl (C=O) groups excluding carboxylic acids is 1. The van der Waals surface area contributed by atoms with Gasteiger partial charge in [-0.25, -0.2) is 4.39 Å². The molecular weight excluding hydrogens is 355 g/mol. The highest BCUT2D eigenvalue weighted by Gasteiger charge is 2.10. The normalized spacial score (nSPS) is 10.2. The molecule has 0 aliphatic rings.